The van der Waals surface area contributed by atoms with Gasteiger partial charge < -0.3 is 9.15 Å². The normalized spacial score (nSPS) is 15.2. The zero-order valence-corrected chi connectivity index (χ0v) is 18.8. The van der Waals surface area contributed by atoms with E-state index in [9.17, 15) is 9.59 Å². The molecule has 0 saturated carbocycles. The predicted molar refractivity (Wildman–Crippen MR) is 127 cm³/mol. The highest BCUT2D eigenvalue weighted by atomic mass is 16.5. The van der Waals surface area contributed by atoms with Crippen LogP contribution in [0.4, 0.5) is 5.82 Å². The molecular weight excluding hydrogens is 416 g/mol. The van der Waals surface area contributed by atoms with E-state index >= 15 is 0 Å². The van der Waals surface area contributed by atoms with Crippen LogP contribution in [0.2, 0.25) is 0 Å². The van der Waals surface area contributed by atoms with Crippen LogP contribution < -0.4 is 15.1 Å². The van der Waals surface area contributed by atoms with Crippen molar-refractivity contribution in [1.29, 1.82) is 0 Å². The first-order valence-electron chi connectivity index (χ1n) is 11.0. The van der Waals surface area contributed by atoms with Crippen molar-refractivity contribution < 1.29 is 13.9 Å². The van der Waals surface area contributed by atoms with Crippen LogP contribution in [0.5, 0.6) is 5.75 Å². The fraction of sp³-hybridized carbons (Fsp3) is 0.222. The second kappa shape index (κ2) is 8.20. The van der Waals surface area contributed by atoms with E-state index in [1.807, 2.05) is 63.2 Å². The molecule has 0 bridgehead atoms. The van der Waals surface area contributed by atoms with Crippen molar-refractivity contribution >= 4 is 22.7 Å². The van der Waals surface area contributed by atoms with E-state index in [-0.39, 0.29) is 17.1 Å². The zero-order chi connectivity index (χ0) is 23.1. The Balaban J connectivity index is 1.73. The molecular formula is C27H24N2O4. The number of aromatic nitrogens is 1. The van der Waals surface area contributed by atoms with E-state index in [2.05, 4.69) is 4.98 Å². The zero-order valence-electron chi connectivity index (χ0n) is 18.8. The summed E-state index contributed by atoms with van der Waals surface area (Å²) in [6.45, 7) is 6.58. The molecule has 1 aliphatic rings. The van der Waals surface area contributed by atoms with Crippen LogP contribution in [0.3, 0.4) is 0 Å². The number of carbonyl (C=O) groups excluding carboxylic acids is 1. The number of carbonyl (C=O) groups is 1. The Bertz CT molecular complexity index is 1410. The molecule has 2 aromatic carbocycles. The molecule has 0 spiro atoms. The van der Waals surface area contributed by atoms with Crippen LogP contribution in [0.1, 0.15) is 52.2 Å². The van der Waals surface area contributed by atoms with Crippen molar-refractivity contribution in [1.82, 2.24) is 4.98 Å². The quantitative estimate of drug-likeness (QED) is 0.419. The van der Waals surface area contributed by atoms with E-state index in [4.69, 9.17) is 9.15 Å². The highest BCUT2D eigenvalue weighted by molar-refractivity contribution is 6.10. The highest BCUT2D eigenvalue weighted by Crippen LogP contribution is 2.41. The third kappa shape index (κ3) is 3.48. The highest BCUT2D eigenvalue weighted by Gasteiger charge is 2.44. The number of rotatable bonds is 5. The Hall–Kier alpha value is -3.93. The van der Waals surface area contributed by atoms with E-state index in [1.165, 1.54) is 4.90 Å². The molecule has 2 aromatic heterocycles. The van der Waals surface area contributed by atoms with E-state index < -0.39 is 6.04 Å². The van der Waals surface area contributed by atoms with Gasteiger partial charge in [0.15, 0.2) is 5.43 Å². The molecule has 166 valence electrons. The summed E-state index contributed by atoms with van der Waals surface area (Å²) in [5, 5.41) is 0.473. The van der Waals surface area contributed by atoms with Crippen molar-refractivity contribution in [3.63, 3.8) is 0 Å². The molecule has 1 atom stereocenters. The van der Waals surface area contributed by atoms with Gasteiger partial charge in [0.2, 0.25) is 5.76 Å². The van der Waals surface area contributed by atoms with Crippen molar-refractivity contribution in [2.24, 2.45) is 0 Å². The molecule has 0 radical (unpaired) electrons. The molecule has 0 fully saturated rings. The van der Waals surface area contributed by atoms with E-state index in [0.29, 0.717) is 29.0 Å². The minimum atomic E-state index is -0.648. The minimum absolute atomic E-state index is 0.0673. The van der Waals surface area contributed by atoms with Gasteiger partial charge >= 0.3 is 0 Å². The number of benzene rings is 2. The number of nitrogens with zero attached hydrogens (tertiary/aromatic N) is 2. The monoisotopic (exact) mass is 440 g/mol. The Kier molecular flexibility index (Phi) is 5.21. The molecule has 0 N–H and O–H groups in total. The molecule has 1 aliphatic heterocycles. The molecule has 6 nitrogen and oxygen atoms in total. The number of fused-ring (bicyclic) bond motifs is 2. The van der Waals surface area contributed by atoms with Crippen molar-refractivity contribution in [3.05, 3.63) is 99.0 Å². The second-order valence-corrected chi connectivity index (χ2v) is 8.29. The number of pyridine rings is 1. The van der Waals surface area contributed by atoms with E-state index in [0.717, 1.165) is 28.9 Å². The largest absolute Gasteiger partial charge is 0.494 e. The summed E-state index contributed by atoms with van der Waals surface area (Å²) in [6.07, 6.45) is 2.54. The molecule has 4 aromatic rings. The molecule has 1 amide bonds. The third-order valence-corrected chi connectivity index (χ3v) is 6.05. The first kappa shape index (κ1) is 20.9. The summed E-state index contributed by atoms with van der Waals surface area (Å²) in [4.78, 5) is 33.2. The topological polar surface area (TPSA) is 72.6 Å². The lowest BCUT2D eigenvalue weighted by Gasteiger charge is -2.24. The van der Waals surface area contributed by atoms with Gasteiger partial charge in [-0.1, -0.05) is 25.1 Å². The standard InChI is InChI=1S/C27H24N2O4/c1-4-13-32-19-10-8-18(9-11-19)24-23-25(30)20-14-16(2)17(3)15-21(20)33-26(23)27(31)29(24)22-7-5-6-12-28-22/h5-12,14-15,24H,4,13H2,1-3H3. The number of hydrogen-bond donors (Lipinski definition) is 0. The number of amides is 1. The van der Waals surface area contributed by atoms with Gasteiger partial charge in [-0.05, 0) is 73.4 Å². The maximum atomic E-state index is 13.7. The van der Waals surface area contributed by atoms with Gasteiger partial charge in [-0.2, -0.15) is 0 Å². The summed E-state index contributed by atoms with van der Waals surface area (Å²) in [7, 11) is 0. The fourth-order valence-corrected chi connectivity index (χ4v) is 4.24. The number of ether oxygens (including phenoxy) is 1. The average Bonchev–Trinajstić information content (AvgIpc) is 3.12. The number of hydrogen-bond acceptors (Lipinski definition) is 5. The van der Waals surface area contributed by atoms with Crippen molar-refractivity contribution in [3.8, 4) is 5.75 Å². The molecule has 0 saturated heterocycles. The predicted octanol–water partition coefficient (Wildman–Crippen LogP) is 5.34. The summed E-state index contributed by atoms with van der Waals surface area (Å²) < 4.78 is 11.8. The fourth-order valence-electron chi connectivity index (χ4n) is 4.24. The van der Waals surface area contributed by atoms with Gasteiger partial charge in [0, 0.05) is 6.20 Å². The van der Waals surface area contributed by atoms with Gasteiger partial charge in [-0.15, -0.1) is 0 Å². The maximum Gasteiger partial charge on any atom is 0.296 e. The minimum Gasteiger partial charge on any atom is -0.494 e. The van der Waals surface area contributed by atoms with Gasteiger partial charge in [-0.3, -0.25) is 14.5 Å². The van der Waals surface area contributed by atoms with Crippen LogP contribution in [-0.2, 0) is 0 Å². The lowest BCUT2D eigenvalue weighted by Crippen LogP contribution is -2.30. The Morgan fingerprint density at radius 1 is 1.03 bits per heavy atom. The van der Waals surface area contributed by atoms with Crippen LogP contribution in [0.15, 0.2) is 70.0 Å². The van der Waals surface area contributed by atoms with Crippen LogP contribution in [-0.4, -0.2) is 17.5 Å². The van der Waals surface area contributed by atoms with Gasteiger partial charge in [0.05, 0.1) is 23.6 Å². The smallest absolute Gasteiger partial charge is 0.296 e. The Morgan fingerprint density at radius 3 is 2.48 bits per heavy atom. The Labute approximate surface area is 191 Å². The summed E-state index contributed by atoms with van der Waals surface area (Å²) >= 11 is 0. The van der Waals surface area contributed by atoms with Crippen LogP contribution in [0.25, 0.3) is 11.0 Å². The van der Waals surface area contributed by atoms with Crippen molar-refractivity contribution in [2.45, 2.75) is 33.2 Å². The maximum absolute atomic E-state index is 13.7. The number of aryl methyl sites for hydroxylation is 2. The van der Waals surface area contributed by atoms with Crippen molar-refractivity contribution in [2.75, 3.05) is 11.5 Å². The molecule has 1 unspecified atom stereocenters. The molecule has 0 aliphatic carbocycles. The lowest BCUT2D eigenvalue weighted by atomic mass is 9.97. The second-order valence-electron chi connectivity index (χ2n) is 8.29. The SMILES string of the molecule is CCCOc1ccc(C2c3c(oc4cc(C)c(C)cc4c3=O)C(=O)N2c2ccccn2)cc1. The van der Waals surface area contributed by atoms with Gasteiger partial charge in [0.1, 0.15) is 17.2 Å². The summed E-state index contributed by atoms with van der Waals surface area (Å²) in [5.41, 5.74) is 3.33. The molecule has 6 heteroatoms. The van der Waals surface area contributed by atoms with Crippen LogP contribution >= 0.6 is 0 Å². The van der Waals surface area contributed by atoms with Crippen LogP contribution in [0, 0.1) is 13.8 Å². The van der Waals surface area contributed by atoms with Gasteiger partial charge in [-0.25, -0.2) is 4.98 Å². The summed E-state index contributed by atoms with van der Waals surface area (Å²) in [5.74, 6) is 0.891. The molecule has 33 heavy (non-hydrogen) atoms. The third-order valence-electron chi connectivity index (χ3n) is 6.05. The summed E-state index contributed by atoms with van der Waals surface area (Å²) in [6, 6.07) is 15.9. The number of anilines is 1. The lowest BCUT2D eigenvalue weighted by molar-refractivity contribution is 0.0970. The first-order chi connectivity index (χ1) is 16.0. The average molecular weight is 440 g/mol. The molecule has 5 rings (SSSR count). The molecule has 3 heterocycles. The Morgan fingerprint density at radius 2 is 1.79 bits per heavy atom. The first-order valence-corrected chi connectivity index (χ1v) is 11.0. The van der Waals surface area contributed by atoms with Gasteiger partial charge in [0.25, 0.3) is 5.91 Å². The van der Waals surface area contributed by atoms with E-state index in [1.54, 1.807) is 18.3 Å².